The Morgan fingerprint density at radius 2 is 1.78 bits per heavy atom. The van der Waals surface area contributed by atoms with E-state index in [4.69, 9.17) is 13.4 Å². The molecule has 3 aromatic rings. The Kier molecular flexibility index (Phi) is 5.00. The van der Waals surface area contributed by atoms with Crippen molar-refractivity contribution in [2.75, 3.05) is 7.11 Å². The molecular formula is C19H17NO6S. The number of aryl methyl sites for hydroxylation is 2. The Bertz CT molecular complexity index is 1070. The van der Waals surface area contributed by atoms with E-state index in [9.17, 15) is 13.2 Å². The van der Waals surface area contributed by atoms with Crippen molar-refractivity contribution in [2.45, 2.75) is 18.7 Å². The second-order valence-electron chi connectivity index (χ2n) is 5.75. The summed E-state index contributed by atoms with van der Waals surface area (Å²) in [6.07, 6.45) is 0. The monoisotopic (exact) mass is 387 g/mol. The molecule has 0 spiro atoms. The van der Waals surface area contributed by atoms with Gasteiger partial charge in [0, 0.05) is 11.6 Å². The number of carbonyl (C=O) groups is 1. The van der Waals surface area contributed by atoms with Crippen molar-refractivity contribution in [2.24, 2.45) is 0 Å². The van der Waals surface area contributed by atoms with Crippen LogP contribution in [0.4, 0.5) is 0 Å². The van der Waals surface area contributed by atoms with Crippen LogP contribution in [-0.4, -0.2) is 26.5 Å². The van der Waals surface area contributed by atoms with Crippen molar-refractivity contribution in [3.63, 3.8) is 0 Å². The predicted octanol–water partition coefficient (Wildman–Crippen LogP) is 3.30. The first-order valence-electron chi connectivity index (χ1n) is 7.98. The molecule has 7 nitrogen and oxygen atoms in total. The summed E-state index contributed by atoms with van der Waals surface area (Å²) >= 11 is 0. The van der Waals surface area contributed by atoms with Gasteiger partial charge < -0.3 is 13.4 Å². The average Bonchev–Trinajstić information content (AvgIpc) is 3.00. The summed E-state index contributed by atoms with van der Waals surface area (Å²) < 4.78 is 40.8. The minimum atomic E-state index is -4.26. The fourth-order valence-corrected chi connectivity index (χ4v) is 3.87. The number of ketones is 1. The van der Waals surface area contributed by atoms with Gasteiger partial charge in [-0.1, -0.05) is 35.5 Å². The second kappa shape index (κ2) is 7.24. The minimum absolute atomic E-state index is 0.0948. The lowest BCUT2D eigenvalue weighted by Crippen LogP contribution is -2.14. The summed E-state index contributed by atoms with van der Waals surface area (Å²) in [7, 11) is -2.83. The number of hydrogen-bond acceptors (Lipinski definition) is 7. The van der Waals surface area contributed by atoms with Gasteiger partial charge in [-0.2, -0.15) is 8.42 Å². The predicted molar refractivity (Wildman–Crippen MR) is 96.7 cm³/mol. The van der Waals surface area contributed by atoms with Crippen LogP contribution in [0.15, 0.2) is 57.9 Å². The van der Waals surface area contributed by atoms with Gasteiger partial charge in [0.2, 0.25) is 0 Å². The second-order valence-corrected chi connectivity index (χ2v) is 7.23. The summed E-state index contributed by atoms with van der Waals surface area (Å²) in [4.78, 5) is 12.7. The zero-order valence-corrected chi connectivity index (χ0v) is 15.7. The highest BCUT2D eigenvalue weighted by Crippen LogP contribution is 2.31. The summed E-state index contributed by atoms with van der Waals surface area (Å²) in [6.45, 7) is 2.96. The van der Waals surface area contributed by atoms with Crippen molar-refractivity contribution in [3.8, 4) is 11.5 Å². The van der Waals surface area contributed by atoms with Gasteiger partial charge in [0.1, 0.15) is 11.4 Å². The van der Waals surface area contributed by atoms with Crippen LogP contribution in [-0.2, 0) is 10.1 Å². The third kappa shape index (κ3) is 3.70. The molecule has 0 unspecified atom stereocenters. The maximum Gasteiger partial charge on any atom is 0.344 e. The summed E-state index contributed by atoms with van der Waals surface area (Å²) in [5.41, 5.74) is 0.672. The van der Waals surface area contributed by atoms with E-state index in [2.05, 4.69) is 5.16 Å². The Hall–Kier alpha value is -3.13. The molecule has 27 heavy (non-hydrogen) atoms. The van der Waals surface area contributed by atoms with Crippen LogP contribution in [0.2, 0.25) is 0 Å². The molecule has 1 heterocycles. The molecule has 0 aliphatic carbocycles. The van der Waals surface area contributed by atoms with E-state index in [0.29, 0.717) is 11.3 Å². The van der Waals surface area contributed by atoms with E-state index in [1.165, 1.54) is 33.1 Å². The number of aromatic nitrogens is 1. The normalized spacial score (nSPS) is 11.2. The number of nitrogens with zero attached hydrogens (tertiary/aromatic N) is 1. The highest BCUT2D eigenvalue weighted by Gasteiger charge is 2.28. The standard InChI is InChI=1S/C19H17NO6S/c1-12-19(13(2)25-20-12)27(22,23)26-17-11-15(24-3)9-10-16(17)18(21)14-7-5-4-6-8-14/h4-11H,1-3H3. The van der Waals surface area contributed by atoms with E-state index >= 15 is 0 Å². The zero-order valence-electron chi connectivity index (χ0n) is 14.9. The average molecular weight is 387 g/mol. The Labute approximate surface area is 156 Å². The molecule has 0 saturated carbocycles. The topological polar surface area (TPSA) is 95.7 Å². The van der Waals surface area contributed by atoms with Crippen molar-refractivity contribution in [1.29, 1.82) is 0 Å². The lowest BCUT2D eigenvalue weighted by atomic mass is 10.0. The van der Waals surface area contributed by atoms with Crippen molar-refractivity contribution in [1.82, 2.24) is 5.16 Å². The lowest BCUT2D eigenvalue weighted by Gasteiger charge is -2.12. The third-order valence-electron chi connectivity index (χ3n) is 3.89. The molecule has 1 aromatic heterocycles. The number of rotatable bonds is 6. The molecule has 0 aliphatic heterocycles. The van der Waals surface area contributed by atoms with E-state index < -0.39 is 10.1 Å². The molecule has 0 aliphatic rings. The van der Waals surface area contributed by atoms with Gasteiger partial charge in [0.05, 0.1) is 12.7 Å². The quantitative estimate of drug-likeness (QED) is 0.473. The van der Waals surface area contributed by atoms with Gasteiger partial charge >= 0.3 is 10.1 Å². The molecule has 0 amide bonds. The number of hydrogen-bond donors (Lipinski definition) is 0. The summed E-state index contributed by atoms with van der Waals surface area (Å²) in [5.74, 6) is -0.0553. The molecule has 0 bridgehead atoms. The fraction of sp³-hybridized carbons (Fsp3) is 0.158. The first-order chi connectivity index (χ1) is 12.8. The van der Waals surface area contributed by atoms with Crippen LogP contribution in [0, 0.1) is 13.8 Å². The first-order valence-corrected chi connectivity index (χ1v) is 9.39. The van der Waals surface area contributed by atoms with Crippen LogP contribution in [0.1, 0.15) is 27.4 Å². The van der Waals surface area contributed by atoms with Gasteiger partial charge in [0.15, 0.2) is 22.2 Å². The number of carbonyl (C=O) groups excluding carboxylic acids is 1. The van der Waals surface area contributed by atoms with Crippen molar-refractivity contribution in [3.05, 3.63) is 71.1 Å². The molecular weight excluding hydrogens is 370 g/mol. The molecule has 0 N–H and O–H groups in total. The maximum atomic E-state index is 12.8. The Morgan fingerprint density at radius 3 is 2.37 bits per heavy atom. The molecule has 3 rings (SSSR count). The zero-order chi connectivity index (χ0) is 19.6. The van der Waals surface area contributed by atoms with E-state index in [0.717, 1.165) is 0 Å². The van der Waals surface area contributed by atoms with Crippen LogP contribution in [0.3, 0.4) is 0 Å². The largest absolute Gasteiger partial charge is 0.497 e. The Balaban J connectivity index is 2.08. The van der Waals surface area contributed by atoms with E-state index in [-0.39, 0.29) is 33.4 Å². The Morgan fingerprint density at radius 1 is 1.07 bits per heavy atom. The van der Waals surface area contributed by atoms with E-state index in [1.807, 2.05) is 0 Å². The summed E-state index contributed by atoms with van der Waals surface area (Å²) in [5, 5.41) is 3.64. The van der Waals surface area contributed by atoms with Crippen LogP contribution in [0.25, 0.3) is 0 Å². The van der Waals surface area contributed by atoms with Gasteiger partial charge in [0.25, 0.3) is 0 Å². The van der Waals surface area contributed by atoms with Gasteiger partial charge in [-0.05, 0) is 26.0 Å². The van der Waals surface area contributed by atoms with Crippen LogP contribution >= 0.6 is 0 Å². The fourth-order valence-electron chi connectivity index (χ4n) is 2.62. The molecule has 0 radical (unpaired) electrons. The van der Waals surface area contributed by atoms with Gasteiger partial charge in [-0.3, -0.25) is 4.79 Å². The summed E-state index contributed by atoms with van der Waals surface area (Å²) in [6, 6.07) is 12.9. The van der Waals surface area contributed by atoms with Gasteiger partial charge in [-0.15, -0.1) is 0 Å². The molecule has 0 fully saturated rings. The number of methoxy groups -OCH3 is 1. The van der Waals surface area contributed by atoms with E-state index in [1.54, 1.807) is 36.4 Å². The third-order valence-corrected chi connectivity index (χ3v) is 5.37. The molecule has 0 saturated heterocycles. The number of ether oxygens (including phenoxy) is 1. The van der Waals surface area contributed by atoms with Crippen LogP contribution < -0.4 is 8.92 Å². The minimum Gasteiger partial charge on any atom is -0.497 e. The number of benzene rings is 2. The van der Waals surface area contributed by atoms with Crippen LogP contribution in [0.5, 0.6) is 11.5 Å². The molecule has 8 heteroatoms. The lowest BCUT2D eigenvalue weighted by molar-refractivity contribution is 0.103. The van der Waals surface area contributed by atoms with Crippen molar-refractivity contribution >= 4 is 15.9 Å². The van der Waals surface area contributed by atoms with Crippen molar-refractivity contribution < 1.29 is 26.7 Å². The highest BCUT2D eigenvalue weighted by atomic mass is 32.2. The first kappa shape index (κ1) is 18.7. The SMILES string of the molecule is COc1ccc(C(=O)c2ccccc2)c(OS(=O)(=O)c2c(C)noc2C)c1. The smallest absolute Gasteiger partial charge is 0.344 e. The molecule has 140 valence electrons. The molecule has 2 aromatic carbocycles. The maximum absolute atomic E-state index is 12.8. The highest BCUT2D eigenvalue weighted by molar-refractivity contribution is 7.87. The van der Waals surface area contributed by atoms with Gasteiger partial charge in [-0.25, -0.2) is 0 Å². The molecule has 0 atom stereocenters.